The second kappa shape index (κ2) is 32.4. The van der Waals surface area contributed by atoms with Gasteiger partial charge in [-0.05, 0) is 91.0 Å². The van der Waals surface area contributed by atoms with Gasteiger partial charge in [-0.1, -0.05) is 110 Å². The van der Waals surface area contributed by atoms with Crippen LogP contribution in [0.1, 0.15) is 0 Å². The molecule has 0 radical (unpaired) electrons. The molecule has 250 valence electrons. The lowest BCUT2D eigenvalue weighted by Gasteiger charge is -1.88. The van der Waals surface area contributed by atoms with Crippen molar-refractivity contribution in [2.75, 3.05) is 0 Å². The zero-order valence-electron chi connectivity index (χ0n) is 22.7. The molecule has 0 nitrogen and oxygen atoms in total. The third-order valence-corrected chi connectivity index (χ3v) is 7.90. The van der Waals surface area contributed by atoms with Gasteiger partial charge in [0.1, 0.15) is 0 Å². The minimum Gasteiger partial charge on any atom is -0.269 e. The molecule has 0 aliphatic rings. The SMILES string of the molecule is F.F.F.F.F.Sc1cccc(Br)c1.Sc1cccc(Br)c1.Sc1cccc(Br)c1.Sc1cccc(Br)c1.Sc1cccc(Br)c1. The first-order valence-corrected chi connectivity index (χ1v) is 17.4. The highest BCUT2D eigenvalue weighted by Gasteiger charge is 1.86. The van der Waals surface area contributed by atoms with E-state index in [1.807, 2.05) is 121 Å². The van der Waals surface area contributed by atoms with Crippen molar-refractivity contribution in [1.82, 2.24) is 0 Å². The average Bonchev–Trinajstić information content (AvgIpc) is 2.85. The molecule has 0 saturated heterocycles. The zero-order chi connectivity index (χ0) is 29.9. The summed E-state index contributed by atoms with van der Waals surface area (Å²) in [6.45, 7) is 0. The molecular weight excluding hydrogens is 1020 g/mol. The molecular formula is C30H30Br5F5S5. The maximum atomic E-state index is 4.12. The van der Waals surface area contributed by atoms with Crippen molar-refractivity contribution in [2.24, 2.45) is 0 Å². The molecule has 0 aliphatic heterocycles. The molecule has 0 aromatic heterocycles. The Balaban J connectivity index is -0.000000144. The third-order valence-electron chi connectivity index (χ3n) is 4.04. The molecule has 0 heterocycles. The van der Waals surface area contributed by atoms with Gasteiger partial charge >= 0.3 is 0 Å². The lowest BCUT2D eigenvalue weighted by molar-refractivity contribution is 1.11. The highest BCUT2D eigenvalue weighted by atomic mass is 79.9. The Kier molecular flexibility index (Phi) is 39.2. The van der Waals surface area contributed by atoms with E-state index in [2.05, 4.69) is 143 Å². The first kappa shape index (κ1) is 54.4. The van der Waals surface area contributed by atoms with Crippen LogP contribution in [0, 0.1) is 0 Å². The molecule has 0 fully saturated rings. The maximum Gasteiger partial charge on any atom is 0.0186 e. The Hall–Kier alpha value is -0.100. The van der Waals surface area contributed by atoms with Crippen LogP contribution in [0.25, 0.3) is 0 Å². The number of benzene rings is 5. The Morgan fingerprint density at radius 2 is 0.400 bits per heavy atom. The van der Waals surface area contributed by atoms with E-state index >= 15 is 0 Å². The van der Waals surface area contributed by atoms with Gasteiger partial charge in [-0.2, -0.15) is 0 Å². The van der Waals surface area contributed by atoms with E-state index in [0.29, 0.717) is 0 Å². The van der Waals surface area contributed by atoms with E-state index in [9.17, 15) is 0 Å². The Bertz CT molecular complexity index is 1120. The van der Waals surface area contributed by atoms with Crippen LogP contribution >= 0.6 is 143 Å². The molecule has 0 saturated carbocycles. The van der Waals surface area contributed by atoms with Gasteiger partial charge in [-0.3, -0.25) is 23.5 Å². The van der Waals surface area contributed by atoms with Gasteiger partial charge in [-0.15, -0.1) is 63.1 Å². The predicted molar refractivity (Wildman–Crippen MR) is 219 cm³/mol. The summed E-state index contributed by atoms with van der Waals surface area (Å²) in [5.41, 5.74) is 0. The van der Waals surface area contributed by atoms with Crippen molar-refractivity contribution < 1.29 is 23.5 Å². The maximum absolute atomic E-state index is 4.12. The van der Waals surface area contributed by atoms with Crippen molar-refractivity contribution in [3.05, 3.63) is 144 Å². The highest BCUT2D eigenvalue weighted by Crippen LogP contribution is 2.16. The van der Waals surface area contributed by atoms with Crippen molar-refractivity contribution in [1.29, 1.82) is 0 Å². The second-order valence-corrected chi connectivity index (χ2v) is 14.6. The van der Waals surface area contributed by atoms with Gasteiger partial charge in [0.2, 0.25) is 0 Å². The molecule has 5 aromatic rings. The Morgan fingerprint density at radius 3 is 0.467 bits per heavy atom. The van der Waals surface area contributed by atoms with Crippen LogP contribution in [0.5, 0.6) is 0 Å². The van der Waals surface area contributed by atoms with E-state index in [-0.39, 0.29) is 23.5 Å². The van der Waals surface area contributed by atoms with Crippen LogP contribution in [-0.2, 0) is 0 Å². The standard InChI is InChI=1S/5C6H5BrS.5FH/c5*7-5-2-1-3-6(8)4-5;;;;;/h5*1-4,8H;5*1H. The van der Waals surface area contributed by atoms with Gasteiger partial charge in [0.05, 0.1) is 0 Å². The van der Waals surface area contributed by atoms with Crippen LogP contribution in [0.3, 0.4) is 0 Å². The molecule has 0 N–H and O–H groups in total. The van der Waals surface area contributed by atoms with E-state index in [1.165, 1.54) is 0 Å². The van der Waals surface area contributed by atoms with Gasteiger partial charge in [0.25, 0.3) is 0 Å². The summed E-state index contributed by atoms with van der Waals surface area (Å²) in [7, 11) is 0. The minimum atomic E-state index is 0. The number of rotatable bonds is 0. The summed E-state index contributed by atoms with van der Waals surface area (Å²) in [4.78, 5) is 4.93. The smallest absolute Gasteiger partial charge is 0.0186 e. The zero-order valence-corrected chi connectivity index (χ0v) is 35.1. The first-order chi connectivity index (χ1) is 18.9. The fourth-order valence-corrected chi connectivity index (χ4v) is 6.39. The monoisotopic (exact) mass is 1040 g/mol. The van der Waals surface area contributed by atoms with Gasteiger partial charge in [0, 0.05) is 46.8 Å². The topological polar surface area (TPSA) is 0 Å². The summed E-state index contributed by atoms with van der Waals surface area (Å²) < 4.78 is 5.37. The highest BCUT2D eigenvalue weighted by molar-refractivity contribution is 9.11. The number of hydrogen-bond donors (Lipinski definition) is 5. The van der Waals surface area contributed by atoms with Crippen LogP contribution in [0.4, 0.5) is 23.5 Å². The molecule has 15 heteroatoms. The summed E-state index contributed by atoms with van der Waals surface area (Å²) in [6.07, 6.45) is 0. The minimum absolute atomic E-state index is 0. The van der Waals surface area contributed by atoms with Crippen molar-refractivity contribution in [3.63, 3.8) is 0 Å². The van der Waals surface area contributed by atoms with Gasteiger partial charge in [0.15, 0.2) is 0 Å². The van der Waals surface area contributed by atoms with Crippen LogP contribution < -0.4 is 0 Å². The largest absolute Gasteiger partial charge is 0.269 e. The summed E-state index contributed by atoms with van der Waals surface area (Å²) in [5.74, 6) is 0. The summed E-state index contributed by atoms with van der Waals surface area (Å²) in [6, 6.07) is 39.0. The number of thiol groups is 5. The van der Waals surface area contributed by atoms with Gasteiger partial charge < -0.3 is 0 Å². The molecule has 0 atom stereocenters. The van der Waals surface area contributed by atoms with Crippen molar-refractivity contribution in [2.45, 2.75) is 24.5 Å². The molecule has 5 rings (SSSR count). The number of hydrogen-bond acceptors (Lipinski definition) is 5. The Morgan fingerprint density at radius 1 is 0.267 bits per heavy atom. The van der Waals surface area contributed by atoms with Crippen molar-refractivity contribution in [3.8, 4) is 0 Å². The quantitative estimate of drug-likeness (QED) is 0.0741. The average molecular weight is 1050 g/mol. The molecule has 0 amide bonds. The van der Waals surface area contributed by atoms with E-state index in [1.54, 1.807) is 0 Å². The molecule has 0 bridgehead atoms. The first-order valence-electron chi connectivity index (χ1n) is 11.2. The van der Waals surface area contributed by atoms with Crippen molar-refractivity contribution >= 4 is 143 Å². The molecule has 0 aliphatic carbocycles. The predicted octanol–water partition coefficient (Wildman–Crippen LogP) is 14.5. The Labute approximate surface area is 330 Å². The fraction of sp³-hybridized carbons (Fsp3) is 0. The fourth-order valence-electron chi connectivity index (χ4n) is 2.38. The van der Waals surface area contributed by atoms with Gasteiger partial charge in [-0.25, -0.2) is 0 Å². The van der Waals surface area contributed by atoms with E-state index in [4.69, 9.17) is 0 Å². The van der Waals surface area contributed by atoms with Crippen LogP contribution in [-0.4, -0.2) is 0 Å². The molecule has 45 heavy (non-hydrogen) atoms. The summed E-state index contributed by atoms with van der Waals surface area (Å²) >= 11 is 37.2. The van der Waals surface area contributed by atoms with Crippen LogP contribution in [0.2, 0.25) is 0 Å². The lowest BCUT2D eigenvalue weighted by atomic mass is 10.4. The molecule has 5 aromatic carbocycles. The number of halogens is 10. The van der Waals surface area contributed by atoms with E-state index < -0.39 is 0 Å². The lowest BCUT2D eigenvalue weighted by Crippen LogP contribution is -1.62. The molecule has 0 spiro atoms. The van der Waals surface area contributed by atoms with E-state index in [0.717, 1.165) is 46.8 Å². The summed E-state index contributed by atoms with van der Waals surface area (Å²) in [5, 5.41) is 0. The van der Waals surface area contributed by atoms with Crippen LogP contribution in [0.15, 0.2) is 168 Å². The third kappa shape index (κ3) is 31.0. The normalized spacial score (nSPS) is 8.22. The second-order valence-electron chi connectivity index (χ2n) is 7.40. The molecule has 0 unspecified atom stereocenters.